The summed E-state index contributed by atoms with van der Waals surface area (Å²) in [7, 11) is 0. The predicted octanol–water partition coefficient (Wildman–Crippen LogP) is 5.03. The van der Waals surface area contributed by atoms with E-state index in [2.05, 4.69) is 48.2 Å². The van der Waals surface area contributed by atoms with Crippen LogP contribution in [0.1, 0.15) is 48.8 Å². The van der Waals surface area contributed by atoms with E-state index in [1.54, 1.807) is 6.07 Å². The average molecular weight is 358 g/mol. The third kappa shape index (κ3) is 3.00. The first kappa shape index (κ1) is 17.4. The Morgan fingerprint density at radius 1 is 1.26 bits per heavy atom. The number of rotatable bonds is 4. The van der Waals surface area contributed by atoms with Crippen LogP contribution in [0.25, 0.3) is 6.08 Å². The summed E-state index contributed by atoms with van der Waals surface area (Å²) < 4.78 is 0. The highest BCUT2D eigenvalue weighted by Crippen LogP contribution is 2.52. The van der Waals surface area contributed by atoms with E-state index in [-0.39, 0.29) is 5.57 Å². The van der Waals surface area contributed by atoms with Crippen molar-refractivity contribution < 1.29 is 9.90 Å². The molecule has 1 aliphatic carbocycles. The molecular weight excluding hydrogens is 336 g/mol. The van der Waals surface area contributed by atoms with Gasteiger partial charge < -0.3 is 10.0 Å². The molecule has 1 saturated carbocycles. The Hall–Kier alpha value is -3.06. The molecule has 4 heteroatoms. The molecule has 4 nitrogen and oxygen atoms in total. The summed E-state index contributed by atoms with van der Waals surface area (Å²) in [6, 6.07) is 17.1. The van der Waals surface area contributed by atoms with E-state index >= 15 is 0 Å². The van der Waals surface area contributed by atoms with Crippen molar-refractivity contribution in [3.05, 3.63) is 64.7 Å². The largest absolute Gasteiger partial charge is 0.477 e. The van der Waals surface area contributed by atoms with Gasteiger partial charge >= 0.3 is 5.97 Å². The second kappa shape index (κ2) is 6.92. The first-order chi connectivity index (χ1) is 13.1. The standard InChI is InChI=1S/C23H22N2O2/c1-2-15-6-9-18(10-7-15)25-21-5-3-4-19(21)20-13-16(8-11-22(20)25)12-17(14-24)23(26)27/h6-13,19,21H,2-5H2,1H3,(H,26,27)/b17-12+. The summed E-state index contributed by atoms with van der Waals surface area (Å²) in [6.45, 7) is 2.16. The topological polar surface area (TPSA) is 64.3 Å². The lowest BCUT2D eigenvalue weighted by atomic mass is 9.95. The fourth-order valence-electron chi connectivity index (χ4n) is 4.50. The normalized spacial score (nSPS) is 20.9. The second-order valence-electron chi connectivity index (χ2n) is 7.29. The van der Waals surface area contributed by atoms with Crippen molar-refractivity contribution in [1.29, 1.82) is 5.26 Å². The van der Waals surface area contributed by atoms with Gasteiger partial charge in [-0.2, -0.15) is 5.26 Å². The second-order valence-corrected chi connectivity index (χ2v) is 7.29. The summed E-state index contributed by atoms with van der Waals surface area (Å²) in [4.78, 5) is 13.6. The number of carbonyl (C=O) groups is 1. The molecule has 1 N–H and O–H groups in total. The van der Waals surface area contributed by atoms with E-state index < -0.39 is 5.97 Å². The number of fused-ring (bicyclic) bond motifs is 3. The van der Waals surface area contributed by atoms with Crippen molar-refractivity contribution in [3.63, 3.8) is 0 Å². The van der Waals surface area contributed by atoms with Crippen LogP contribution in [-0.4, -0.2) is 17.1 Å². The van der Waals surface area contributed by atoms with E-state index in [1.165, 1.54) is 41.4 Å². The summed E-state index contributed by atoms with van der Waals surface area (Å²) in [5.41, 5.74) is 5.58. The van der Waals surface area contributed by atoms with Crippen molar-refractivity contribution in [2.45, 2.75) is 44.6 Å². The molecule has 1 heterocycles. The molecule has 27 heavy (non-hydrogen) atoms. The van der Waals surface area contributed by atoms with Gasteiger partial charge in [0, 0.05) is 23.3 Å². The molecule has 2 aromatic carbocycles. The third-order valence-corrected chi connectivity index (χ3v) is 5.81. The van der Waals surface area contributed by atoms with Crippen LogP contribution in [0, 0.1) is 11.3 Å². The number of nitrogens with zero attached hydrogens (tertiary/aromatic N) is 2. The maximum absolute atomic E-state index is 11.1. The highest BCUT2D eigenvalue weighted by atomic mass is 16.4. The van der Waals surface area contributed by atoms with E-state index in [9.17, 15) is 4.79 Å². The quantitative estimate of drug-likeness (QED) is 0.615. The van der Waals surface area contributed by atoms with Crippen LogP contribution in [0.4, 0.5) is 11.4 Å². The van der Waals surface area contributed by atoms with Crippen LogP contribution in [0.15, 0.2) is 48.0 Å². The van der Waals surface area contributed by atoms with Crippen LogP contribution in [0.5, 0.6) is 0 Å². The molecular formula is C23H22N2O2. The lowest BCUT2D eigenvalue weighted by Gasteiger charge is -2.27. The first-order valence-corrected chi connectivity index (χ1v) is 9.49. The Labute approximate surface area is 159 Å². The SMILES string of the molecule is CCc1ccc(N2c3ccc(/C=C(\C#N)C(=O)O)cc3C3CCCC32)cc1. The number of carboxylic acids is 1. The molecule has 2 aromatic rings. The highest BCUT2D eigenvalue weighted by molar-refractivity contribution is 5.96. The van der Waals surface area contributed by atoms with E-state index in [1.807, 2.05) is 6.07 Å². The van der Waals surface area contributed by atoms with Crippen molar-refractivity contribution in [2.75, 3.05) is 4.90 Å². The summed E-state index contributed by atoms with van der Waals surface area (Å²) in [5, 5.41) is 18.1. The van der Waals surface area contributed by atoms with E-state index in [0.29, 0.717) is 12.0 Å². The van der Waals surface area contributed by atoms with Gasteiger partial charge in [0.25, 0.3) is 0 Å². The molecule has 2 aliphatic rings. The van der Waals surface area contributed by atoms with Crippen molar-refractivity contribution in [1.82, 2.24) is 0 Å². The Morgan fingerprint density at radius 3 is 2.70 bits per heavy atom. The van der Waals surface area contributed by atoms with Crippen LogP contribution >= 0.6 is 0 Å². The van der Waals surface area contributed by atoms with Gasteiger partial charge in [-0.05, 0) is 66.3 Å². The maximum Gasteiger partial charge on any atom is 0.346 e. The summed E-state index contributed by atoms with van der Waals surface area (Å²) in [5.74, 6) is -0.719. The number of benzene rings is 2. The molecule has 0 amide bonds. The Morgan fingerprint density at radius 2 is 2.04 bits per heavy atom. The predicted molar refractivity (Wildman–Crippen MR) is 106 cm³/mol. The molecule has 2 atom stereocenters. The van der Waals surface area contributed by atoms with Gasteiger partial charge in [0.15, 0.2) is 0 Å². The Bertz CT molecular complexity index is 953. The zero-order valence-electron chi connectivity index (χ0n) is 15.4. The minimum absolute atomic E-state index is 0.233. The van der Waals surface area contributed by atoms with Gasteiger partial charge in [0.2, 0.25) is 0 Å². The van der Waals surface area contributed by atoms with Crippen molar-refractivity contribution in [2.24, 2.45) is 0 Å². The van der Waals surface area contributed by atoms with Crippen LogP contribution in [-0.2, 0) is 11.2 Å². The maximum atomic E-state index is 11.1. The lowest BCUT2D eigenvalue weighted by Crippen LogP contribution is -2.26. The van der Waals surface area contributed by atoms with E-state index in [0.717, 1.165) is 18.4 Å². The van der Waals surface area contributed by atoms with E-state index in [4.69, 9.17) is 10.4 Å². The van der Waals surface area contributed by atoms with Gasteiger partial charge in [0.05, 0.1) is 0 Å². The number of hydrogen-bond donors (Lipinski definition) is 1. The molecule has 0 radical (unpaired) electrons. The molecule has 1 fully saturated rings. The Balaban J connectivity index is 1.76. The van der Waals surface area contributed by atoms with Crippen LogP contribution < -0.4 is 4.90 Å². The number of nitriles is 1. The van der Waals surface area contributed by atoms with Crippen molar-refractivity contribution in [3.8, 4) is 6.07 Å². The highest BCUT2D eigenvalue weighted by Gasteiger charge is 2.42. The number of anilines is 2. The van der Waals surface area contributed by atoms with Crippen LogP contribution in [0.2, 0.25) is 0 Å². The van der Waals surface area contributed by atoms with Gasteiger partial charge in [-0.25, -0.2) is 4.79 Å². The zero-order chi connectivity index (χ0) is 19.0. The zero-order valence-corrected chi connectivity index (χ0v) is 15.4. The minimum Gasteiger partial charge on any atom is -0.477 e. The lowest BCUT2D eigenvalue weighted by molar-refractivity contribution is -0.132. The minimum atomic E-state index is -1.19. The first-order valence-electron chi connectivity index (χ1n) is 9.49. The van der Waals surface area contributed by atoms with Gasteiger partial charge in [-0.1, -0.05) is 31.5 Å². The van der Waals surface area contributed by atoms with Crippen LogP contribution in [0.3, 0.4) is 0 Å². The number of carboxylic acid groups (broad SMARTS) is 1. The molecule has 4 rings (SSSR count). The fourth-order valence-corrected chi connectivity index (χ4v) is 4.50. The molecule has 0 spiro atoms. The monoisotopic (exact) mass is 358 g/mol. The average Bonchev–Trinajstić information content (AvgIpc) is 3.26. The molecule has 136 valence electrons. The fraction of sp³-hybridized carbons (Fsp3) is 0.304. The Kier molecular flexibility index (Phi) is 4.45. The van der Waals surface area contributed by atoms with Crippen molar-refractivity contribution >= 4 is 23.4 Å². The third-order valence-electron chi connectivity index (χ3n) is 5.81. The molecule has 0 aromatic heterocycles. The number of aryl methyl sites for hydroxylation is 1. The summed E-state index contributed by atoms with van der Waals surface area (Å²) in [6.07, 6.45) is 6.02. The molecule has 0 saturated heterocycles. The van der Waals surface area contributed by atoms with Gasteiger partial charge in [0.1, 0.15) is 11.6 Å². The molecule has 2 unspecified atom stereocenters. The molecule has 1 aliphatic heterocycles. The summed E-state index contributed by atoms with van der Waals surface area (Å²) >= 11 is 0. The number of aliphatic carboxylic acids is 1. The smallest absolute Gasteiger partial charge is 0.346 e. The molecule has 0 bridgehead atoms. The van der Waals surface area contributed by atoms with Gasteiger partial charge in [-0.15, -0.1) is 0 Å². The number of hydrogen-bond acceptors (Lipinski definition) is 3. The van der Waals surface area contributed by atoms with Gasteiger partial charge in [-0.3, -0.25) is 0 Å².